The van der Waals surface area contributed by atoms with E-state index in [0.717, 1.165) is 11.1 Å². The van der Waals surface area contributed by atoms with Gasteiger partial charge in [-0.05, 0) is 37.1 Å². The first kappa shape index (κ1) is 11.4. The van der Waals surface area contributed by atoms with Gasteiger partial charge in [0.25, 0.3) is 0 Å². The number of hydrogen-bond acceptors (Lipinski definition) is 3. The SMILES string of the molecule is COC(=O)c1cc(C)cc(CC(C)=O)c1. The van der Waals surface area contributed by atoms with Gasteiger partial charge in [0.05, 0.1) is 12.7 Å². The maximum atomic E-state index is 11.3. The predicted octanol–water partition coefficient (Wildman–Crippen LogP) is 1.91. The van der Waals surface area contributed by atoms with E-state index in [-0.39, 0.29) is 11.8 Å². The van der Waals surface area contributed by atoms with Gasteiger partial charge in [0, 0.05) is 6.42 Å². The molecule has 0 N–H and O–H groups in total. The van der Waals surface area contributed by atoms with Crippen LogP contribution in [0.1, 0.15) is 28.4 Å². The van der Waals surface area contributed by atoms with Crippen molar-refractivity contribution < 1.29 is 14.3 Å². The van der Waals surface area contributed by atoms with Crippen LogP contribution in [-0.4, -0.2) is 18.9 Å². The topological polar surface area (TPSA) is 43.4 Å². The minimum Gasteiger partial charge on any atom is -0.465 e. The highest BCUT2D eigenvalue weighted by molar-refractivity contribution is 5.90. The van der Waals surface area contributed by atoms with Gasteiger partial charge in [-0.2, -0.15) is 0 Å². The number of methoxy groups -OCH3 is 1. The molecule has 0 heterocycles. The molecule has 80 valence electrons. The van der Waals surface area contributed by atoms with Crippen molar-refractivity contribution in [2.45, 2.75) is 20.3 Å². The van der Waals surface area contributed by atoms with E-state index < -0.39 is 0 Å². The third-order valence-electron chi connectivity index (χ3n) is 2.01. The Hall–Kier alpha value is -1.64. The number of esters is 1. The van der Waals surface area contributed by atoms with Crippen molar-refractivity contribution in [1.82, 2.24) is 0 Å². The van der Waals surface area contributed by atoms with E-state index in [9.17, 15) is 9.59 Å². The van der Waals surface area contributed by atoms with Crippen LogP contribution in [-0.2, 0) is 16.0 Å². The van der Waals surface area contributed by atoms with E-state index in [1.807, 2.05) is 13.0 Å². The van der Waals surface area contributed by atoms with Crippen LogP contribution >= 0.6 is 0 Å². The van der Waals surface area contributed by atoms with E-state index in [0.29, 0.717) is 12.0 Å². The third-order valence-corrected chi connectivity index (χ3v) is 2.01. The molecule has 0 saturated heterocycles. The zero-order valence-corrected chi connectivity index (χ0v) is 9.16. The van der Waals surface area contributed by atoms with E-state index in [1.165, 1.54) is 14.0 Å². The number of carbonyl (C=O) groups is 2. The third kappa shape index (κ3) is 3.20. The van der Waals surface area contributed by atoms with Gasteiger partial charge in [0.2, 0.25) is 0 Å². The van der Waals surface area contributed by atoms with Crippen molar-refractivity contribution in [3.63, 3.8) is 0 Å². The zero-order valence-electron chi connectivity index (χ0n) is 9.16. The first-order chi connectivity index (χ1) is 7.02. The zero-order chi connectivity index (χ0) is 11.4. The number of rotatable bonds is 3. The number of hydrogen-bond donors (Lipinski definition) is 0. The Balaban J connectivity index is 3.04. The lowest BCUT2D eigenvalue weighted by atomic mass is 10.0. The molecule has 0 amide bonds. The quantitative estimate of drug-likeness (QED) is 0.709. The molecule has 0 aliphatic rings. The first-order valence-corrected chi connectivity index (χ1v) is 4.71. The van der Waals surface area contributed by atoms with Gasteiger partial charge in [-0.3, -0.25) is 4.79 Å². The number of aryl methyl sites for hydroxylation is 1. The molecule has 0 unspecified atom stereocenters. The van der Waals surface area contributed by atoms with Gasteiger partial charge in [0.15, 0.2) is 0 Å². The fourth-order valence-electron chi connectivity index (χ4n) is 1.49. The first-order valence-electron chi connectivity index (χ1n) is 4.71. The summed E-state index contributed by atoms with van der Waals surface area (Å²) >= 11 is 0. The summed E-state index contributed by atoms with van der Waals surface area (Å²) in [5.41, 5.74) is 2.30. The van der Waals surface area contributed by atoms with E-state index in [4.69, 9.17) is 0 Å². The van der Waals surface area contributed by atoms with Crippen molar-refractivity contribution in [1.29, 1.82) is 0 Å². The molecule has 1 aromatic carbocycles. The Morgan fingerprint density at radius 1 is 1.27 bits per heavy atom. The molecule has 0 aliphatic heterocycles. The fourth-order valence-corrected chi connectivity index (χ4v) is 1.49. The summed E-state index contributed by atoms with van der Waals surface area (Å²) in [5, 5.41) is 0. The molecule has 0 fully saturated rings. The Bertz CT molecular complexity index is 394. The van der Waals surface area contributed by atoms with Crippen molar-refractivity contribution in [2.75, 3.05) is 7.11 Å². The Kier molecular flexibility index (Phi) is 3.61. The molecular formula is C12H14O3. The highest BCUT2D eigenvalue weighted by Crippen LogP contribution is 2.11. The number of ketones is 1. The number of ether oxygens (including phenoxy) is 1. The summed E-state index contributed by atoms with van der Waals surface area (Å²) in [6.45, 7) is 3.41. The summed E-state index contributed by atoms with van der Waals surface area (Å²) in [4.78, 5) is 22.3. The maximum Gasteiger partial charge on any atom is 0.337 e. The summed E-state index contributed by atoms with van der Waals surface area (Å²) in [7, 11) is 1.34. The molecule has 0 spiro atoms. The average Bonchev–Trinajstić information content (AvgIpc) is 2.14. The van der Waals surface area contributed by atoms with Gasteiger partial charge in [-0.1, -0.05) is 6.07 Å². The van der Waals surface area contributed by atoms with Gasteiger partial charge >= 0.3 is 5.97 Å². The van der Waals surface area contributed by atoms with Crippen LogP contribution in [0.3, 0.4) is 0 Å². The largest absolute Gasteiger partial charge is 0.465 e. The second-order valence-electron chi connectivity index (χ2n) is 3.58. The molecule has 1 aromatic rings. The minimum atomic E-state index is -0.372. The second kappa shape index (κ2) is 4.73. The van der Waals surface area contributed by atoms with Crippen molar-refractivity contribution in [2.24, 2.45) is 0 Å². The average molecular weight is 206 g/mol. The molecule has 0 aliphatic carbocycles. The van der Waals surface area contributed by atoms with Crippen LogP contribution in [0.5, 0.6) is 0 Å². The molecule has 0 radical (unpaired) electrons. The Labute approximate surface area is 89.1 Å². The van der Waals surface area contributed by atoms with Crippen LogP contribution in [0, 0.1) is 6.92 Å². The Morgan fingerprint density at radius 2 is 1.93 bits per heavy atom. The molecule has 3 nitrogen and oxygen atoms in total. The molecule has 1 rings (SSSR count). The smallest absolute Gasteiger partial charge is 0.337 e. The summed E-state index contributed by atoms with van der Waals surface area (Å²) in [5.74, 6) is -0.292. The number of carbonyl (C=O) groups excluding carboxylic acids is 2. The number of benzene rings is 1. The lowest BCUT2D eigenvalue weighted by Gasteiger charge is -2.04. The van der Waals surface area contributed by atoms with Crippen LogP contribution in [0.4, 0.5) is 0 Å². The highest BCUT2D eigenvalue weighted by Gasteiger charge is 2.08. The van der Waals surface area contributed by atoms with E-state index in [2.05, 4.69) is 4.74 Å². The van der Waals surface area contributed by atoms with Gasteiger partial charge in [-0.15, -0.1) is 0 Å². The summed E-state index contributed by atoms with van der Waals surface area (Å²) in [6, 6.07) is 5.34. The van der Waals surface area contributed by atoms with Crippen molar-refractivity contribution in [3.05, 3.63) is 34.9 Å². The van der Waals surface area contributed by atoms with E-state index in [1.54, 1.807) is 12.1 Å². The van der Waals surface area contributed by atoms with Crippen LogP contribution in [0.25, 0.3) is 0 Å². The molecule has 3 heteroatoms. The van der Waals surface area contributed by atoms with Crippen molar-refractivity contribution >= 4 is 11.8 Å². The summed E-state index contributed by atoms with van der Waals surface area (Å²) in [6.07, 6.45) is 0.353. The molecular weight excluding hydrogens is 192 g/mol. The van der Waals surface area contributed by atoms with Gasteiger partial charge in [0.1, 0.15) is 5.78 Å². The van der Waals surface area contributed by atoms with Crippen LogP contribution < -0.4 is 0 Å². The normalized spacial score (nSPS) is 9.80. The number of Topliss-reactive ketones (excluding diaryl/α,β-unsaturated/α-hetero) is 1. The van der Waals surface area contributed by atoms with Gasteiger partial charge in [-0.25, -0.2) is 4.79 Å². The molecule has 15 heavy (non-hydrogen) atoms. The lowest BCUT2D eigenvalue weighted by Crippen LogP contribution is -2.04. The molecule has 0 aromatic heterocycles. The summed E-state index contributed by atoms with van der Waals surface area (Å²) < 4.78 is 4.63. The maximum absolute atomic E-state index is 11.3. The highest BCUT2D eigenvalue weighted by atomic mass is 16.5. The van der Waals surface area contributed by atoms with E-state index >= 15 is 0 Å². The fraction of sp³-hybridized carbons (Fsp3) is 0.333. The second-order valence-corrected chi connectivity index (χ2v) is 3.58. The standard InChI is InChI=1S/C12H14O3/c1-8-4-10(6-9(2)13)7-11(5-8)12(14)15-3/h4-5,7H,6H2,1-3H3. The molecule has 0 bridgehead atoms. The van der Waals surface area contributed by atoms with Crippen LogP contribution in [0.15, 0.2) is 18.2 Å². The molecule has 0 atom stereocenters. The Morgan fingerprint density at radius 3 is 2.47 bits per heavy atom. The van der Waals surface area contributed by atoms with Crippen LogP contribution in [0.2, 0.25) is 0 Å². The van der Waals surface area contributed by atoms with Crippen molar-refractivity contribution in [3.8, 4) is 0 Å². The minimum absolute atomic E-state index is 0.0800. The lowest BCUT2D eigenvalue weighted by molar-refractivity contribution is -0.116. The van der Waals surface area contributed by atoms with Gasteiger partial charge < -0.3 is 4.74 Å². The predicted molar refractivity (Wildman–Crippen MR) is 56.9 cm³/mol. The monoisotopic (exact) mass is 206 g/mol. The molecule has 0 saturated carbocycles.